The summed E-state index contributed by atoms with van der Waals surface area (Å²) in [5.41, 5.74) is 0.655. The van der Waals surface area contributed by atoms with Crippen molar-refractivity contribution in [3.05, 3.63) is 35.4 Å². The van der Waals surface area contributed by atoms with Crippen LogP contribution in [0.3, 0.4) is 0 Å². The first-order valence-electron chi connectivity index (χ1n) is 13.4. The first kappa shape index (κ1) is 30.6. The van der Waals surface area contributed by atoms with Crippen molar-refractivity contribution in [2.45, 2.75) is 103 Å². The monoisotopic (exact) mass is 529 g/mol. The maximum atomic E-state index is 13.9. The molecule has 37 heavy (non-hydrogen) atoms. The van der Waals surface area contributed by atoms with Gasteiger partial charge in [-0.3, -0.25) is 9.59 Å². The minimum absolute atomic E-state index is 0.0648. The van der Waals surface area contributed by atoms with E-state index in [1.54, 1.807) is 49.9 Å². The van der Waals surface area contributed by atoms with Gasteiger partial charge >= 0.3 is 6.09 Å². The van der Waals surface area contributed by atoms with Gasteiger partial charge in [0.1, 0.15) is 17.7 Å². The van der Waals surface area contributed by atoms with E-state index in [0.717, 1.165) is 44.9 Å². The Bertz CT molecular complexity index is 930. The average Bonchev–Trinajstić information content (AvgIpc) is 2.86. The van der Waals surface area contributed by atoms with Crippen LogP contribution in [0, 0.1) is 12.3 Å². The highest BCUT2D eigenvalue weighted by Crippen LogP contribution is 2.26. The molecule has 1 fully saturated rings. The summed E-state index contributed by atoms with van der Waals surface area (Å²) in [6, 6.07) is 5.44. The standard InChI is InChI=1S/C29H43N3O4S/c1-6-8-12-19-32(27(34)24(20-37)31-28(35)36-29(3,4)5)25(22-17-15-21(7-2)16-18-22)26(33)30-23-13-10-9-11-14-23/h2,15-18,23-25,37H,6,8-14,19-20H2,1,3-5H3,(H,30,33)(H,31,35). The number of rotatable bonds is 11. The molecule has 1 aliphatic rings. The molecular weight excluding hydrogens is 486 g/mol. The van der Waals surface area contributed by atoms with Crippen molar-refractivity contribution in [3.63, 3.8) is 0 Å². The van der Waals surface area contributed by atoms with Crippen LogP contribution in [0.15, 0.2) is 24.3 Å². The number of benzene rings is 1. The molecule has 1 aromatic rings. The summed E-state index contributed by atoms with van der Waals surface area (Å²) in [6.45, 7) is 7.72. The predicted molar refractivity (Wildman–Crippen MR) is 150 cm³/mol. The van der Waals surface area contributed by atoms with E-state index < -0.39 is 23.8 Å². The molecule has 1 aromatic carbocycles. The molecule has 1 aliphatic carbocycles. The largest absolute Gasteiger partial charge is 0.444 e. The number of hydrogen-bond donors (Lipinski definition) is 3. The molecule has 8 heteroatoms. The number of terminal acetylenes is 1. The summed E-state index contributed by atoms with van der Waals surface area (Å²) in [5.74, 6) is 2.07. The SMILES string of the molecule is C#Cc1ccc(C(C(=O)NC2CCCCC2)N(CCCCC)C(=O)C(CS)NC(=O)OC(C)(C)C)cc1. The molecule has 0 bridgehead atoms. The van der Waals surface area contributed by atoms with Crippen molar-refractivity contribution >= 4 is 30.5 Å². The second-order valence-electron chi connectivity index (χ2n) is 10.6. The minimum Gasteiger partial charge on any atom is -0.444 e. The lowest BCUT2D eigenvalue weighted by Gasteiger charge is -2.35. The van der Waals surface area contributed by atoms with Crippen molar-refractivity contribution in [1.82, 2.24) is 15.5 Å². The van der Waals surface area contributed by atoms with E-state index in [9.17, 15) is 14.4 Å². The van der Waals surface area contributed by atoms with E-state index >= 15 is 0 Å². The third kappa shape index (κ3) is 9.96. The van der Waals surface area contributed by atoms with E-state index in [1.165, 1.54) is 6.42 Å². The van der Waals surface area contributed by atoms with Gasteiger partial charge < -0.3 is 20.3 Å². The topological polar surface area (TPSA) is 87.7 Å². The molecule has 0 saturated heterocycles. The number of alkyl carbamates (subject to hydrolysis) is 1. The minimum atomic E-state index is -0.949. The maximum absolute atomic E-state index is 13.9. The number of nitrogens with zero attached hydrogens (tertiary/aromatic N) is 1. The lowest BCUT2D eigenvalue weighted by atomic mass is 9.94. The van der Waals surface area contributed by atoms with E-state index in [-0.39, 0.29) is 23.6 Å². The van der Waals surface area contributed by atoms with E-state index in [0.29, 0.717) is 17.7 Å². The van der Waals surface area contributed by atoms with Crippen LogP contribution in [0.25, 0.3) is 0 Å². The van der Waals surface area contributed by atoms with E-state index in [4.69, 9.17) is 11.2 Å². The zero-order valence-electron chi connectivity index (χ0n) is 22.7. The second-order valence-corrected chi connectivity index (χ2v) is 11.0. The van der Waals surface area contributed by atoms with Gasteiger partial charge in [0.05, 0.1) is 0 Å². The molecule has 2 N–H and O–H groups in total. The Hall–Kier alpha value is -2.66. The fraction of sp³-hybridized carbons (Fsp3) is 0.621. The van der Waals surface area contributed by atoms with Gasteiger partial charge in [-0.1, -0.05) is 57.1 Å². The van der Waals surface area contributed by atoms with Crippen molar-refractivity contribution in [3.8, 4) is 12.3 Å². The fourth-order valence-corrected chi connectivity index (χ4v) is 4.74. The number of carbonyl (C=O) groups is 3. The molecule has 0 radical (unpaired) electrons. The smallest absolute Gasteiger partial charge is 0.408 e. The lowest BCUT2D eigenvalue weighted by Crippen LogP contribution is -2.54. The van der Waals surface area contributed by atoms with Crippen molar-refractivity contribution in [2.24, 2.45) is 0 Å². The predicted octanol–water partition coefficient (Wildman–Crippen LogP) is 5.00. The second kappa shape index (κ2) is 14.9. The number of nitrogens with one attached hydrogen (secondary N) is 2. The molecule has 1 saturated carbocycles. The summed E-state index contributed by atoms with van der Waals surface area (Å²) in [5, 5.41) is 5.85. The molecule has 0 heterocycles. The molecule has 0 aliphatic heterocycles. The van der Waals surface area contributed by atoms with Gasteiger partial charge in [0.2, 0.25) is 11.8 Å². The maximum Gasteiger partial charge on any atom is 0.408 e. The van der Waals surface area contributed by atoms with Gasteiger partial charge in [-0.2, -0.15) is 12.6 Å². The lowest BCUT2D eigenvalue weighted by molar-refractivity contribution is -0.142. The molecule has 0 spiro atoms. The molecular formula is C29H43N3O4S. The molecule has 2 rings (SSSR count). The van der Waals surface area contributed by atoms with E-state index in [2.05, 4.69) is 36.1 Å². The van der Waals surface area contributed by atoms with Crippen LogP contribution in [0.5, 0.6) is 0 Å². The van der Waals surface area contributed by atoms with Crippen LogP contribution < -0.4 is 10.6 Å². The number of ether oxygens (including phenoxy) is 1. The highest BCUT2D eigenvalue weighted by molar-refractivity contribution is 7.80. The number of amides is 3. The Balaban J connectivity index is 2.41. The van der Waals surface area contributed by atoms with Gasteiger partial charge in [-0.05, 0) is 57.7 Å². The number of carbonyl (C=O) groups excluding carboxylic acids is 3. The van der Waals surface area contributed by atoms with Crippen LogP contribution in [0.4, 0.5) is 4.79 Å². The van der Waals surface area contributed by atoms with Crippen LogP contribution in [-0.4, -0.2) is 52.8 Å². The zero-order valence-corrected chi connectivity index (χ0v) is 23.6. The fourth-order valence-electron chi connectivity index (χ4n) is 4.50. The molecule has 0 aromatic heterocycles. The zero-order chi connectivity index (χ0) is 27.4. The highest BCUT2D eigenvalue weighted by Gasteiger charge is 2.36. The number of hydrogen-bond acceptors (Lipinski definition) is 5. The summed E-state index contributed by atoms with van der Waals surface area (Å²) in [4.78, 5) is 41.8. The Morgan fingerprint density at radius 3 is 2.32 bits per heavy atom. The average molecular weight is 530 g/mol. The normalized spacial score (nSPS) is 15.7. The summed E-state index contributed by atoms with van der Waals surface area (Å²) in [7, 11) is 0. The Morgan fingerprint density at radius 1 is 1.14 bits per heavy atom. The number of unbranched alkanes of at least 4 members (excludes halogenated alkanes) is 2. The highest BCUT2D eigenvalue weighted by atomic mass is 32.1. The van der Waals surface area contributed by atoms with E-state index in [1.807, 2.05) is 0 Å². The van der Waals surface area contributed by atoms with Gasteiger partial charge in [0.25, 0.3) is 0 Å². The first-order valence-corrected chi connectivity index (χ1v) is 14.0. The molecule has 204 valence electrons. The Kier molecular flexibility index (Phi) is 12.3. The quantitative estimate of drug-likeness (QED) is 0.214. The van der Waals surface area contributed by atoms with Crippen LogP contribution in [-0.2, 0) is 14.3 Å². The van der Waals surface area contributed by atoms with Crippen molar-refractivity contribution in [1.29, 1.82) is 0 Å². The van der Waals surface area contributed by atoms with Gasteiger partial charge in [-0.15, -0.1) is 6.42 Å². The van der Waals surface area contributed by atoms with Crippen molar-refractivity contribution in [2.75, 3.05) is 12.3 Å². The van der Waals surface area contributed by atoms with Crippen LogP contribution in [0.1, 0.15) is 96.2 Å². The molecule has 2 unspecified atom stereocenters. The van der Waals surface area contributed by atoms with Crippen LogP contribution in [0.2, 0.25) is 0 Å². The van der Waals surface area contributed by atoms with Crippen molar-refractivity contribution < 1.29 is 19.1 Å². The molecule has 3 amide bonds. The first-order chi connectivity index (χ1) is 17.6. The van der Waals surface area contributed by atoms with Gasteiger partial charge in [-0.25, -0.2) is 4.79 Å². The third-order valence-corrected chi connectivity index (χ3v) is 6.73. The summed E-state index contributed by atoms with van der Waals surface area (Å²) >= 11 is 4.34. The third-order valence-electron chi connectivity index (χ3n) is 6.36. The summed E-state index contributed by atoms with van der Waals surface area (Å²) < 4.78 is 5.36. The van der Waals surface area contributed by atoms with Gasteiger partial charge in [0.15, 0.2) is 0 Å². The van der Waals surface area contributed by atoms with Crippen LogP contribution >= 0.6 is 12.6 Å². The summed E-state index contributed by atoms with van der Waals surface area (Å²) in [6.07, 6.45) is 12.6. The Morgan fingerprint density at radius 2 is 1.78 bits per heavy atom. The van der Waals surface area contributed by atoms with Gasteiger partial charge in [0, 0.05) is 23.9 Å². The number of thiol groups is 1. The molecule has 2 atom stereocenters. The Labute approximate surface area is 227 Å². The molecule has 7 nitrogen and oxygen atoms in total.